The molecule has 2 saturated carbocycles. The van der Waals surface area contributed by atoms with Gasteiger partial charge in [-0.3, -0.25) is 0 Å². The third kappa shape index (κ3) is 3.21. The molecule has 88 valence electrons. The molecule has 3 unspecified atom stereocenters. The molecular weight excluding hydrogens is 182 g/mol. The van der Waals surface area contributed by atoms with Gasteiger partial charge in [-0.1, -0.05) is 39.0 Å². The minimum Gasteiger partial charge on any atom is -0.314 e. The molecule has 0 bridgehead atoms. The van der Waals surface area contributed by atoms with Crippen LogP contribution in [0.2, 0.25) is 0 Å². The van der Waals surface area contributed by atoms with Gasteiger partial charge in [0.25, 0.3) is 0 Å². The molecule has 3 atom stereocenters. The van der Waals surface area contributed by atoms with E-state index >= 15 is 0 Å². The molecule has 15 heavy (non-hydrogen) atoms. The summed E-state index contributed by atoms with van der Waals surface area (Å²) in [7, 11) is 0. The van der Waals surface area contributed by atoms with Gasteiger partial charge in [0.15, 0.2) is 0 Å². The first-order valence-corrected chi connectivity index (χ1v) is 7.13. The number of rotatable bonds is 4. The van der Waals surface area contributed by atoms with E-state index in [1.54, 1.807) is 0 Å². The van der Waals surface area contributed by atoms with Crippen molar-refractivity contribution >= 4 is 0 Å². The largest absolute Gasteiger partial charge is 0.314 e. The molecule has 2 rings (SSSR count). The summed E-state index contributed by atoms with van der Waals surface area (Å²) in [6.45, 7) is 3.53. The number of hydrogen-bond donors (Lipinski definition) is 1. The Morgan fingerprint density at radius 2 is 1.80 bits per heavy atom. The van der Waals surface area contributed by atoms with Crippen LogP contribution in [0.5, 0.6) is 0 Å². The highest BCUT2D eigenvalue weighted by Gasteiger charge is 2.31. The van der Waals surface area contributed by atoms with Crippen molar-refractivity contribution in [3.8, 4) is 0 Å². The predicted molar refractivity (Wildman–Crippen MR) is 66.0 cm³/mol. The van der Waals surface area contributed by atoms with Gasteiger partial charge >= 0.3 is 0 Å². The lowest BCUT2D eigenvalue weighted by atomic mass is 9.69. The summed E-state index contributed by atoms with van der Waals surface area (Å²) >= 11 is 0. The molecule has 0 radical (unpaired) electrons. The van der Waals surface area contributed by atoms with E-state index in [1.807, 2.05) is 0 Å². The van der Waals surface area contributed by atoms with Gasteiger partial charge < -0.3 is 5.32 Å². The Kier molecular flexibility index (Phi) is 4.49. The Bertz CT molecular complexity index is 176. The quantitative estimate of drug-likeness (QED) is 0.696. The lowest BCUT2D eigenvalue weighted by Crippen LogP contribution is -2.39. The zero-order valence-corrected chi connectivity index (χ0v) is 10.3. The summed E-state index contributed by atoms with van der Waals surface area (Å²) in [5.74, 6) is 2.18. The van der Waals surface area contributed by atoms with Crippen LogP contribution in [0.1, 0.15) is 64.7 Å². The standard InChI is InChI=1S/C14H27N/c1-2-3-10-15-14-9-8-12-6-4-5-7-13(12)11-14/h12-15H,2-11H2,1H3. The molecule has 0 heterocycles. The SMILES string of the molecule is CCCCNC1CCC2CCCCC2C1. The van der Waals surface area contributed by atoms with Crippen molar-refractivity contribution in [2.24, 2.45) is 11.8 Å². The van der Waals surface area contributed by atoms with Crippen LogP contribution in [0.25, 0.3) is 0 Å². The molecule has 2 fully saturated rings. The highest BCUT2D eigenvalue weighted by molar-refractivity contribution is 4.85. The number of nitrogens with one attached hydrogen (secondary N) is 1. The lowest BCUT2D eigenvalue weighted by Gasteiger charge is -2.39. The zero-order valence-electron chi connectivity index (χ0n) is 10.3. The summed E-state index contributed by atoms with van der Waals surface area (Å²) in [6, 6.07) is 0.857. The minimum atomic E-state index is 0.857. The van der Waals surface area contributed by atoms with Crippen LogP contribution in [0, 0.1) is 11.8 Å². The highest BCUT2D eigenvalue weighted by atomic mass is 14.9. The van der Waals surface area contributed by atoms with Gasteiger partial charge in [0.05, 0.1) is 0 Å². The predicted octanol–water partition coefficient (Wildman–Crippen LogP) is 3.74. The second-order valence-corrected chi connectivity index (χ2v) is 5.62. The van der Waals surface area contributed by atoms with E-state index in [0.717, 1.165) is 17.9 Å². The van der Waals surface area contributed by atoms with Crippen molar-refractivity contribution < 1.29 is 0 Å². The van der Waals surface area contributed by atoms with Crippen LogP contribution >= 0.6 is 0 Å². The molecule has 2 aliphatic rings. The second-order valence-electron chi connectivity index (χ2n) is 5.62. The smallest absolute Gasteiger partial charge is 0.00699 e. The molecule has 0 amide bonds. The summed E-state index contributed by atoms with van der Waals surface area (Å²) < 4.78 is 0. The summed E-state index contributed by atoms with van der Waals surface area (Å²) in [5.41, 5.74) is 0. The third-order valence-electron chi connectivity index (χ3n) is 4.50. The van der Waals surface area contributed by atoms with Crippen LogP contribution in [0.3, 0.4) is 0 Å². The molecular formula is C14H27N. The van der Waals surface area contributed by atoms with Gasteiger partial charge in [-0.2, -0.15) is 0 Å². The summed E-state index contributed by atoms with van der Waals surface area (Å²) in [6.07, 6.45) is 13.2. The highest BCUT2D eigenvalue weighted by Crippen LogP contribution is 2.40. The fourth-order valence-electron chi connectivity index (χ4n) is 3.54. The van der Waals surface area contributed by atoms with Crippen LogP contribution in [-0.4, -0.2) is 12.6 Å². The average molecular weight is 209 g/mol. The van der Waals surface area contributed by atoms with E-state index in [-0.39, 0.29) is 0 Å². The maximum atomic E-state index is 3.76. The molecule has 1 N–H and O–H groups in total. The minimum absolute atomic E-state index is 0.857. The van der Waals surface area contributed by atoms with Crippen molar-refractivity contribution in [3.63, 3.8) is 0 Å². The van der Waals surface area contributed by atoms with Crippen LogP contribution in [0.15, 0.2) is 0 Å². The Morgan fingerprint density at radius 3 is 2.60 bits per heavy atom. The van der Waals surface area contributed by atoms with E-state index in [4.69, 9.17) is 0 Å². The molecule has 0 aliphatic heterocycles. The van der Waals surface area contributed by atoms with Crippen molar-refractivity contribution in [2.75, 3.05) is 6.54 Å². The van der Waals surface area contributed by atoms with Crippen molar-refractivity contribution in [3.05, 3.63) is 0 Å². The maximum absolute atomic E-state index is 3.76. The lowest BCUT2D eigenvalue weighted by molar-refractivity contribution is 0.144. The summed E-state index contributed by atoms with van der Waals surface area (Å²) in [4.78, 5) is 0. The fourth-order valence-corrected chi connectivity index (χ4v) is 3.54. The molecule has 1 heteroatoms. The number of hydrogen-bond acceptors (Lipinski definition) is 1. The molecule has 0 aromatic heterocycles. The second kappa shape index (κ2) is 5.89. The maximum Gasteiger partial charge on any atom is 0.00699 e. The van der Waals surface area contributed by atoms with Gasteiger partial charge in [0.1, 0.15) is 0 Å². The normalized spacial score (nSPS) is 36.2. The third-order valence-corrected chi connectivity index (χ3v) is 4.50. The number of fused-ring (bicyclic) bond motifs is 1. The van der Waals surface area contributed by atoms with Gasteiger partial charge in [0.2, 0.25) is 0 Å². The Morgan fingerprint density at radius 1 is 1.00 bits per heavy atom. The average Bonchev–Trinajstić information content (AvgIpc) is 2.29. The molecule has 1 nitrogen and oxygen atoms in total. The van der Waals surface area contributed by atoms with Gasteiger partial charge in [-0.15, -0.1) is 0 Å². The Hall–Kier alpha value is -0.0400. The Balaban J connectivity index is 1.71. The van der Waals surface area contributed by atoms with Crippen LogP contribution in [-0.2, 0) is 0 Å². The fraction of sp³-hybridized carbons (Fsp3) is 1.00. The van der Waals surface area contributed by atoms with E-state index < -0.39 is 0 Å². The first-order chi connectivity index (χ1) is 7.40. The van der Waals surface area contributed by atoms with Crippen LogP contribution < -0.4 is 5.32 Å². The monoisotopic (exact) mass is 209 g/mol. The van der Waals surface area contributed by atoms with Gasteiger partial charge in [-0.05, 0) is 44.1 Å². The zero-order chi connectivity index (χ0) is 10.5. The number of unbranched alkanes of at least 4 members (excludes halogenated alkanes) is 1. The van der Waals surface area contributed by atoms with E-state index in [1.165, 1.54) is 64.3 Å². The first kappa shape index (κ1) is 11.4. The van der Waals surface area contributed by atoms with Crippen molar-refractivity contribution in [2.45, 2.75) is 70.8 Å². The molecule has 0 aromatic rings. The van der Waals surface area contributed by atoms with E-state index in [2.05, 4.69) is 12.2 Å². The molecule has 2 aliphatic carbocycles. The van der Waals surface area contributed by atoms with Crippen molar-refractivity contribution in [1.29, 1.82) is 0 Å². The van der Waals surface area contributed by atoms with E-state index in [0.29, 0.717) is 0 Å². The van der Waals surface area contributed by atoms with Crippen molar-refractivity contribution in [1.82, 2.24) is 5.32 Å². The summed E-state index contributed by atoms with van der Waals surface area (Å²) in [5, 5.41) is 3.76. The Labute approximate surface area is 95.0 Å². The molecule has 0 spiro atoms. The van der Waals surface area contributed by atoms with E-state index in [9.17, 15) is 0 Å². The molecule has 0 aromatic carbocycles. The van der Waals surface area contributed by atoms with Crippen LogP contribution in [0.4, 0.5) is 0 Å². The first-order valence-electron chi connectivity index (χ1n) is 7.13. The topological polar surface area (TPSA) is 12.0 Å². The van der Waals surface area contributed by atoms with Gasteiger partial charge in [0, 0.05) is 6.04 Å². The van der Waals surface area contributed by atoms with Gasteiger partial charge in [-0.25, -0.2) is 0 Å². The molecule has 0 saturated heterocycles.